The molecule has 2 bridgehead atoms. The summed E-state index contributed by atoms with van der Waals surface area (Å²) in [5, 5.41) is 9.60. The van der Waals surface area contributed by atoms with Crippen molar-refractivity contribution in [1.82, 2.24) is 4.90 Å². The topological polar surface area (TPSA) is 44.1 Å². The Labute approximate surface area is 115 Å². The molecule has 1 aromatic carbocycles. The minimum Gasteiger partial charge on any atom is -0.339 e. The first-order chi connectivity index (χ1) is 9.58. The molecule has 2 unspecified atom stereocenters. The molecule has 3 rings (SSSR count). The Morgan fingerprint density at radius 1 is 1.20 bits per heavy atom. The number of hydrogen-bond acceptors (Lipinski definition) is 2. The third-order valence-corrected chi connectivity index (χ3v) is 4.60. The highest BCUT2D eigenvalue weighted by Gasteiger charge is 2.49. The summed E-state index contributed by atoms with van der Waals surface area (Å²) < 4.78 is 26.9. The Bertz CT molecular complexity index is 562. The molecule has 0 saturated carbocycles. The molecule has 2 aliphatic heterocycles. The van der Waals surface area contributed by atoms with Gasteiger partial charge in [-0.15, -0.1) is 0 Å². The van der Waals surface area contributed by atoms with Crippen molar-refractivity contribution in [1.29, 1.82) is 5.26 Å². The largest absolute Gasteiger partial charge is 0.339 e. The fourth-order valence-corrected chi connectivity index (χ4v) is 3.68. The molecule has 20 heavy (non-hydrogen) atoms. The summed E-state index contributed by atoms with van der Waals surface area (Å²) in [6.07, 6.45) is 3.42. The number of carbonyl (C=O) groups is 1. The third-order valence-electron chi connectivity index (χ3n) is 4.60. The highest BCUT2D eigenvalue weighted by molar-refractivity contribution is 5.51. The van der Waals surface area contributed by atoms with Gasteiger partial charge in [0.1, 0.15) is 11.6 Å². The quantitative estimate of drug-likeness (QED) is 0.779. The molecule has 0 spiro atoms. The number of fused-ring (bicyclic) bond motifs is 2. The lowest BCUT2D eigenvalue weighted by Crippen LogP contribution is -2.48. The average Bonchev–Trinajstić information content (AvgIpc) is 2.67. The van der Waals surface area contributed by atoms with E-state index in [0.717, 1.165) is 25.3 Å². The van der Waals surface area contributed by atoms with Gasteiger partial charge in [0.05, 0.1) is 11.5 Å². The number of carbonyl (C=O) groups excluding carboxylic acids is 1. The summed E-state index contributed by atoms with van der Waals surface area (Å²) in [7, 11) is 0. The lowest BCUT2D eigenvalue weighted by Gasteiger charge is -2.41. The van der Waals surface area contributed by atoms with Gasteiger partial charge in [-0.05, 0) is 43.4 Å². The van der Waals surface area contributed by atoms with Gasteiger partial charge in [-0.3, -0.25) is 4.79 Å². The van der Waals surface area contributed by atoms with Crippen LogP contribution in [0.25, 0.3) is 0 Å². The zero-order valence-corrected chi connectivity index (χ0v) is 10.9. The van der Waals surface area contributed by atoms with Crippen LogP contribution in [0.3, 0.4) is 0 Å². The number of amides is 1. The fourth-order valence-electron chi connectivity index (χ4n) is 3.68. The van der Waals surface area contributed by atoms with Crippen LogP contribution >= 0.6 is 0 Å². The summed E-state index contributed by atoms with van der Waals surface area (Å²) in [5.74, 6) is -1.33. The molecule has 0 N–H and O–H groups in total. The standard InChI is InChI=1S/C15H14F2N2O/c16-11-3-10(4-12(17)5-11)15(8-18)6-13-1-2-14(7-15)19(13)9-20/h3-5,9,13-14H,1-2,6-7H2. The maximum atomic E-state index is 13.4. The van der Waals surface area contributed by atoms with Crippen molar-refractivity contribution in [2.45, 2.75) is 43.2 Å². The molecule has 2 fully saturated rings. The van der Waals surface area contributed by atoms with Crippen molar-refractivity contribution in [3.05, 3.63) is 35.4 Å². The van der Waals surface area contributed by atoms with Gasteiger partial charge in [0.15, 0.2) is 0 Å². The van der Waals surface area contributed by atoms with Gasteiger partial charge in [0, 0.05) is 18.2 Å². The van der Waals surface area contributed by atoms with E-state index >= 15 is 0 Å². The third kappa shape index (κ3) is 1.87. The van der Waals surface area contributed by atoms with Crippen LogP contribution in [0, 0.1) is 23.0 Å². The molecule has 2 aliphatic rings. The summed E-state index contributed by atoms with van der Waals surface area (Å²) in [6, 6.07) is 5.54. The molecule has 1 aromatic rings. The smallest absolute Gasteiger partial charge is 0.210 e. The van der Waals surface area contributed by atoms with Crippen molar-refractivity contribution in [2.75, 3.05) is 0 Å². The normalized spacial score (nSPS) is 31.9. The lowest BCUT2D eigenvalue weighted by molar-refractivity contribution is -0.122. The zero-order chi connectivity index (χ0) is 14.3. The monoisotopic (exact) mass is 276 g/mol. The van der Waals surface area contributed by atoms with Gasteiger partial charge in [-0.2, -0.15) is 5.26 Å². The maximum Gasteiger partial charge on any atom is 0.210 e. The van der Waals surface area contributed by atoms with E-state index in [9.17, 15) is 18.8 Å². The van der Waals surface area contributed by atoms with Gasteiger partial charge >= 0.3 is 0 Å². The summed E-state index contributed by atoms with van der Waals surface area (Å²) >= 11 is 0. The molecule has 3 nitrogen and oxygen atoms in total. The molecule has 104 valence electrons. The van der Waals surface area contributed by atoms with Gasteiger partial charge in [-0.1, -0.05) is 0 Å². The molecule has 0 radical (unpaired) electrons. The number of piperidine rings is 1. The second-order valence-corrected chi connectivity index (χ2v) is 5.70. The van der Waals surface area contributed by atoms with Gasteiger partial charge in [0.2, 0.25) is 6.41 Å². The van der Waals surface area contributed by atoms with Crippen LogP contribution in [0.2, 0.25) is 0 Å². The highest BCUT2D eigenvalue weighted by Crippen LogP contribution is 2.46. The second-order valence-electron chi connectivity index (χ2n) is 5.70. The van der Waals surface area contributed by atoms with E-state index in [4.69, 9.17) is 0 Å². The molecule has 1 amide bonds. The number of hydrogen-bond donors (Lipinski definition) is 0. The Morgan fingerprint density at radius 3 is 2.20 bits per heavy atom. The van der Waals surface area contributed by atoms with Crippen LogP contribution in [-0.2, 0) is 10.2 Å². The Kier molecular flexibility index (Phi) is 2.97. The first-order valence-corrected chi connectivity index (χ1v) is 6.68. The molecule has 5 heteroatoms. The molecule has 2 heterocycles. The summed E-state index contributed by atoms with van der Waals surface area (Å²) in [6.45, 7) is 0. The van der Waals surface area contributed by atoms with Crippen molar-refractivity contribution in [3.63, 3.8) is 0 Å². The van der Waals surface area contributed by atoms with Crippen LogP contribution in [0.15, 0.2) is 18.2 Å². The van der Waals surface area contributed by atoms with E-state index in [1.165, 1.54) is 12.1 Å². The van der Waals surface area contributed by atoms with E-state index in [1.807, 2.05) is 0 Å². The molecule has 0 aliphatic carbocycles. The Morgan fingerprint density at radius 2 is 1.75 bits per heavy atom. The Balaban J connectivity index is 2.02. The summed E-state index contributed by atoms with van der Waals surface area (Å²) in [5.41, 5.74) is -0.506. The van der Waals surface area contributed by atoms with Crippen LogP contribution in [0.1, 0.15) is 31.2 Å². The number of rotatable bonds is 2. The van der Waals surface area contributed by atoms with Crippen molar-refractivity contribution < 1.29 is 13.6 Å². The maximum absolute atomic E-state index is 13.4. The summed E-state index contributed by atoms with van der Waals surface area (Å²) in [4.78, 5) is 12.8. The van der Waals surface area contributed by atoms with Crippen LogP contribution in [-0.4, -0.2) is 23.4 Å². The van der Waals surface area contributed by atoms with Crippen LogP contribution < -0.4 is 0 Å². The van der Waals surface area contributed by atoms with Crippen LogP contribution in [0.4, 0.5) is 8.78 Å². The lowest BCUT2D eigenvalue weighted by atomic mass is 9.71. The van der Waals surface area contributed by atoms with Gasteiger partial charge < -0.3 is 4.90 Å². The zero-order valence-electron chi connectivity index (χ0n) is 10.9. The van der Waals surface area contributed by atoms with E-state index in [-0.39, 0.29) is 12.1 Å². The van der Waals surface area contributed by atoms with E-state index < -0.39 is 17.0 Å². The van der Waals surface area contributed by atoms with Gasteiger partial charge in [0.25, 0.3) is 0 Å². The predicted octanol–water partition coefficient (Wildman–Crippen LogP) is 2.51. The molecule has 0 aromatic heterocycles. The highest BCUT2D eigenvalue weighted by atomic mass is 19.1. The first kappa shape index (κ1) is 13.0. The second kappa shape index (κ2) is 4.55. The molecule has 2 saturated heterocycles. The fraction of sp³-hybridized carbons (Fsp3) is 0.467. The molecular weight excluding hydrogens is 262 g/mol. The number of nitriles is 1. The van der Waals surface area contributed by atoms with E-state index in [0.29, 0.717) is 18.4 Å². The average molecular weight is 276 g/mol. The predicted molar refractivity (Wildman–Crippen MR) is 67.6 cm³/mol. The number of halogens is 2. The minimum absolute atomic E-state index is 0.00257. The van der Waals surface area contributed by atoms with Crippen LogP contribution in [0.5, 0.6) is 0 Å². The SMILES string of the molecule is N#CC1(c2cc(F)cc(F)c2)CC2CCC(C1)N2C=O. The molecular formula is C15H14F2N2O. The van der Waals surface area contributed by atoms with Gasteiger partial charge in [-0.25, -0.2) is 8.78 Å². The van der Waals surface area contributed by atoms with Crippen molar-refractivity contribution in [2.24, 2.45) is 0 Å². The van der Waals surface area contributed by atoms with Crippen molar-refractivity contribution >= 4 is 6.41 Å². The number of nitrogens with zero attached hydrogens (tertiary/aromatic N) is 2. The van der Waals surface area contributed by atoms with E-state index in [2.05, 4.69) is 6.07 Å². The minimum atomic E-state index is -0.895. The van der Waals surface area contributed by atoms with E-state index in [1.54, 1.807) is 4.90 Å². The number of benzene rings is 1. The van der Waals surface area contributed by atoms with Crippen molar-refractivity contribution in [3.8, 4) is 6.07 Å². The Hall–Kier alpha value is -1.96. The first-order valence-electron chi connectivity index (χ1n) is 6.68. The molecule has 2 atom stereocenters.